The minimum atomic E-state index is 0.568. The van der Waals surface area contributed by atoms with Crippen molar-refractivity contribution < 1.29 is 0 Å². The third kappa shape index (κ3) is 3.39. The van der Waals surface area contributed by atoms with Crippen LogP contribution in [0.25, 0.3) is 0 Å². The molecule has 3 N–H and O–H groups in total. The summed E-state index contributed by atoms with van der Waals surface area (Å²) in [5.74, 6) is 8.66. The summed E-state index contributed by atoms with van der Waals surface area (Å²) in [6.45, 7) is 2.36. The Hall–Kier alpha value is -0.810. The lowest BCUT2D eigenvalue weighted by molar-refractivity contribution is 0.394. The lowest BCUT2D eigenvalue weighted by Crippen LogP contribution is -2.16. The van der Waals surface area contributed by atoms with Gasteiger partial charge in [-0.25, -0.2) is 15.8 Å². The number of nitrogens with one attached hydrogen (secondary N) is 1. The van der Waals surface area contributed by atoms with E-state index in [2.05, 4.69) is 17.3 Å². The number of nitrogens with two attached hydrogens (primary N) is 1. The van der Waals surface area contributed by atoms with E-state index in [0.29, 0.717) is 11.2 Å². The van der Waals surface area contributed by atoms with E-state index in [1.807, 2.05) is 17.8 Å². The lowest BCUT2D eigenvalue weighted by Gasteiger charge is -2.25. The zero-order valence-corrected chi connectivity index (χ0v) is 12.2. The van der Waals surface area contributed by atoms with Crippen LogP contribution < -0.4 is 11.3 Å². The zero-order chi connectivity index (χ0) is 13.2. The van der Waals surface area contributed by atoms with E-state index >= 15 is 0 Å². The van der Waals surface area contributed by atoms with Gasteiger partial charge in [0, 0.05) is 17.2 Å². The van der Waals surface area contributed by atoms with Crippen molar-refractivity contribution in [3.8, 4) is 0 Å². The molecular formula is C14H22N4S. The van der Waals surface area contributed by atoms with E-state index < -0.39 is 0 Å². The van der Waals surface area contributed by atoms with Crippen molar-refractivity contribution in [3.63, 3.8) is 0 Å². The Labute approximate surface area is 118 Å². The molecule has 2 unspecified atom stereocenters. The van der Waals surface area contributed by atoms with Crippen LogP contribution in [0, 0.1) is 5.92 Å². The van der Waals surface area contributed by atoms with Crippen molar-refractivity contribution in [1.29, 1.82) is 0 Å². The highest BCUT2D eigenvalue weighted by Crippen LogP contribution is 2.40. The normalized spacial score (nSPS) is 27.3. The molecule has 0 amide bonds. The molecule has 0 aliphatic heterocycles. The van der Waals surface area contributed by atoms with Crippen LogP contribution in [0.5, 0.6) is 0 Å². The van der Waals surface area contributed by atoms with Crippen LogP contribution in [0.15, 0.2) is 11.1 Å². The molecule has 0 aromatic carbocycles. The molecule has 0 radical (unpaired) electrons. The highest BCUT2D eigenvalue weighted by molar-refractivity contribution is 7.99. The molecule has 0 saturated heterocycles. The number of hydrogen-bond donors (Lipinski definition) is 2. The predicted molar refractivity (Wildman–Crippen MR) is 79.1 cm³/mol. The number of hydrogen-bond acceptors (Lipinski definition) is 5. The Morgan fingerprint density at radius 3 is 2.79 bits per heavy atom. The SMILES string of the molecule is CC1CCCC(Sc2cc(NN)nc(C3CC3)n2)C1. The molecule has 1 aromatic heterocycles. The molecule has 4 nitrogen and oxygen atoms in total. The van der Waals surface area contributed by atoms with Gasteiger partial charge < -0.3 is 5.43 Å². The van der Waals surface area contributed by atoms with Gasteiger partial charge in [0.25, 0.3) is 0 Å². The first-order chi connectivity index (χ1) is 9.24. The van der Waals surface area contributed by atoms with Crippen molar-refractivity contribution in [1.82, 2.24) is 9.97 Å². The van der Waals surface area contributed by atoms with E-state index in [4.69, 9.17) is 10.8 Å². The van der Waals surface area contributed by atoms with Gasteiger partial charge >= 0.3 is 0 Å². The van der Waals surface area contributed by atoms with E-state index in [-0.39, 0.29) is 0 Å². The van der Waals surface area contributed by atoms with Gasteiger partial charge in [0.05, 0.1) is 0 Å². The number of hydrazine groups is 1. The summed E-state index contributed by atoms with van der Waals surface area (Å²) in [5, 5.41) is 1.79. The molecule has 104 valence electrons. The van der Waals surface area contributed by atoms with Gasteiger partial charge in [-0.1, -0.05) is 19.8 Å². The topological polar surface area (TPSA) is 63.8 Å². The van der Waals surface area contributed by atoms with Gasteiger partial charge in [0.15, 0.2) is 0 Å². The van der Waals surface area contributed by atoms with Crippen LogP contribution in [-0.2, 0) is 0 Å². The molecule has 5 heteroatoms. The third-order valence-corrected chi connectivity index (χ3v) is 5.20. The van der Waals surface area contributed by atoms with Crippen molar-refractivity contribution >= 4 is 17.6 Å². The molecule has 2 fully saturated rings. The second kappa shape index (κ2) is 5.67. The smallest absolute Gasteiger partial charge is 0.144 e. The van der Waals surface area contributed by atoms with Crippen LogP contribution in [0.3, 0.4) is 0 Å². The van der Waals surface area contributed by atoms with Crippen LogP contribution >= 0.6 is 11.8 Å². The quantitative estimate of drug-likeness (QED) is 0.502. The third-order valence-electron chi connectivity index (χ3n) is 3.99. The summed E-state index contributed by atoms with van der Waals surface area (Å²) in [5.41, 5.74) is 2.67. The summed E-state index contributed by atoms with van der Waals surface area (Å²) >= 11 is 1.91. The number of anilines is 1. The monoisotopic (exact) mass is 278 g/mol. The largest absolute Gasteiger partial charge is 0.308 e. The molecule has 2 saturated carbocycles. The van der Waals surface area contributed by atoms with Gasteiger partial charge in [-0.2, -0.15) is 0 Å². The van der Waals surface area contributed by atoms with Gasteiger partial charge in [-0.3, -0.25) is 0 Å². The first-order valence-electron chi connectivity index (χ1n) is 7.27. The number of nitrogen functional groups attached to an aromatic ring is 1. The maximum absolute atomic E-state index is 5.51. The number of rotatable bonds is 4. The van der Waals surface area contributed by atoms with E-state index in [1.54, 1.807) is 0 Å². The fourth-order valence-corrected chi connectivity index (χ4v) is 4.13. The first kappa shape index (κ1) is 13.2. The molecule has 19 heavy (non-hydrogen) atoms. The van der Waals surface area contributed by atoms with Gasteiger partial charge in [0.2, 0.25) is 0 Å². The minimum absolute atomic E-state index is 0.568. The second-order valence-electron chi connectivity index (χ2n) is 5.88. The lowest BCUT2D eigenvalue weighted by atomic mass is 9.91. The van der Waals surface area contributed by atoms with E-state index in [1.165, 1.54) is 38.5 Å². The summed E-state index contributed by atoms with van der Waals surface area (Å²) in [6.07, 6.45) is 7.78. The van der Waals surface area contributed by atoms with Gasteiger partial charge in [-0.15, -0.1) is 11.8 Å². The summed E-state index contributed by atoms with van der Waals surface area (Å²) in [7, 11) is 0. The van der Waals surface area contributed by atoms with E-state index in [0.717, 1.165) is 22.6 Å². The first-order valence-corrected chi connectivity index (χ1v) is 8.15. The van der Waals surface area contributed by atoms with Crippen molar-refractivity contribution in [3.05, 3.63) is 11.9 Å². The molecule has 2 aliphatic rings. The Bertz CT molecular complexity index is 447. The average molecular weight is 278 g/mol. The molecule has 3 rings (SSSR count). The number of aromatic nitrogens is 2. The summed E-state index contributed by atoms with van der Waals surface area (Å²) in [6, 6.07) is 1.98. The van der Waals surface area contributed by atoms with E-state index in [9.17, 15) is 0 Å². The maximum Gasteiger partial charge on any atom is 0.144 e. The van der Waals surface area contributed by atoms with Crippen molar-refractivity contribution in [2.75, 3.05) is 5.43 Å². The summed E-state index contributed by atoms with van der Waals surface area (Å²) in [4.78, 5) is 9.18. The van der Waals surface area contributed by atoms with Crippen LogP contribution in [0.2, 0.25) is 0 Å². The Balaban J connectivity index is 1.73. The molecule has 0 spiro atoms. The highest BCUT2D eigenvalue weighted by atomic mass is 32.2. The summed E-state index contributed by atoms with van der Waals surface area (Å²) < 4.78 is 0. The number of nitrogens with zero attached hydrogens (tertiary/aromatic N) is 2. The maximum atomic E-state index is 5.51. The van der Waals surface area contributed by atoms with Crippen molar-refractivity contribution in [2.45, 2.75) is 61.6 Å². The second-order valence-corrected chi connectivity index (χ2v) is 7.20. The molecule has 1 aromatic rings. The average Bonchev–Trinajstić information content (AvgIpc) is 3.22. The fourth-order valence-electron chi connectivity index (χ4n) is 2.76. The molecule has 2 aliphatic carbocycles. The standard InChI is InChI=1S/C14H22N4S/c1-9-3-2-4-11(7-9)19-13-8-12(18-15)16-14(17-13)10-5-6-10/h8-11H,2-7,15H2,1H3,(H,16,17,18). The van der Waals surface area contributed by atoms with Crippen LogP contribution in [0.4, 0.5) is 5.82 Å². The van der Waals surface area contributed by atoms with Gasteiger partial charge in [-0.05, 0) is 31.6 Å². The van der Waals surface area contributed by atoms with Crippen LogP contribution in [-0.4, -0.2) is 15.2 Å². The van der Waals surface area contributed by atoms with Crippen molar-refractivity contribution in [2.24, 2.45) is 11.8 Å². The zero-order valence-electron chi connectivity index (χ0n) is 11.4. The van der Waals surface area contributed by atoms with Crippen LogP contribution in [0.1, 0.15) is 57.2 Å². The Morgan fingerprint density at radius 1 is 1.26 bits per heavy atom. The van der Waals surface area contributed by atoms with Gasteiger partial charge in [0.1, 0.15) is 16.7 Å². The molecular weight excluding hydrogens is 256 g/mol. The highest BCUT2D eigenvalue weighted by Gasteiger charge is 2.28. The Morgan fingerprint density at radius 2 is 2.11 bits per heavy atom. The number of thioether (sulfide) groups is 1. The predicted octanol–water partition coefficient (Wildman–Crippen LogP) is 3.31. The fraction of sp³-hybridized carbons (Fsp3) is 0.714. The molecule has 1 heterocycles. The molecule has 0 bridgehead atoms. The minimum Gasteiger partial charge on any atom is -0.308 e. The Kier molecular flexibility index (Phi) is 3.93. The molecule has 2 atom stereocenters.